The van der Waals surface area contributed by atoms with Crippen molar-refractivity contribution in [2.24, 2.45) is 0 Å². The summed E-state index contributed by atoms with van der Waals surface area (Å²) in [6.45, 7) is 1.55. The van der Waals surface area contributed by atoms with Crippen LogP contribution in [0.5, 0.6) is 0 Å². The monoisotopic (exact) mass is 247 g/mol. The molecular formula is C9H10ClNO3S. The van der Waals surface area contributed by atoms with Crippen LogP contribution in [0.4, 0.5) is 0 Å². The number of amides is 1. The number of hydrogen-bond donors (Lipinski definition) is 1. The Morgan fingerprint density at radius 3 is 2.73 bits per heavy atom. The van der Waals surface area contributed by atoms with E-state index in [1.54, 1.807) is 18.4 Å². The summed E-state index contributed by atoms with van der Waals surface area (Å²) in [6.07, 6.45) is 0. The molecule has 1 unspecified atom stereocenters. The van der Waals surface area contributed by atoms with Gasteiger partial charge in [0.05, 0.1) is 12.1 Å². The number of carbonyl (C=O) groups excluding carboxylic acids is 2. The van der Waals surface area contributed by atoms with E-state index in [-0.39, 0.29) is 5.91 Å². The van der Waals surface area contributed by atoms with Crippen molar-refractivity contribution in [2.45, 2.75) is 13.0 Å². The van der Waals surface area contributed by atoms with Crippen LogP contribution in [0, 0.1) is 0 Å². The van der Waals surface area contributed by atoms with E-state index in [9.17, 15) is 9.59 Å². The molecule has 1 aromatic rings. The van der Waals surface area contributed by atoms with Gasteiger partial charge in [0.1, 0.15) is 10.9 Å². The van der Waals surface area contributed by atoms with Crippen molar-refractivity contribution < 1.29 is 14.3 Å². The van der Waals surface area contributed by atoms with Crippen LogP contribution in [0.15, 0.2) is 11.4 Å². The number of carbonyl (C=O) groups is 2. The van der Waals surface area contributed by atoms with Crippen molar-refractivity contribution in [3.8, 4) is 0 Å². The van der Waals surface area contributed by atoms with Crippen LogP contribution in [0.2, 0.25) is 5.02 Å². The summed E-state index contributed by atoms with van der Waals surface area (Å²) in [6, 6.07) is 0.949. The molecule has 0 bridgehead atoms. The molecule has 0 aliphatic heterocycles. The third kappa shape index (κ3) is 2.94. The number of rotatable bonds is 3. The number of ether oxygens (including phenoxy) is 1. The smallest absolute Gasteiger partial charge is 0.328 e. The van der Waals surface area contributed by atoms with Gasteiger partial charge in [0, 0.05) is 0 Å². The van der Waals surface area contributed by atoms with Crippen LogP contribution in [-0.4, -0.2) is 25.0 Å². The van der Waals surface area contributed by atoms with Gasteiger partial charge < -0.3 is 10.1 Å². The average Bonchev–Trinajstić information content (AvgIpc) is 2.63. The molecule has 1 aromatic heterocycles. The van der Waals surface area contributed by atoms with Crippen LogP contribution < -0.4 is 5.32 Å². The Hall–Kier alpha value is -1.07. The Balaban J connectivity index is 2.64. The summed E-state index contributed by atoms with van der Waals surface area (Å²) in [5.41, 5.74) is 0. The fourth-order valence-electron chi connectivity index (χ4n) is 0.954. The number of esters is 1. The molecule has 0 aliphatic carbocycles. The van der Waals surface area contributed by atoms with E-state index in [2.05, 4.69) is 10.1 Å². The van der Waals surface area contributed by atoms with E-state index >= 15 is 0 Å². The minimum Gasteiger partial charge on any atom is -0.467 e. The second-order valence-electron chi connectivity index (χ2n) is 2.82. The molecule has 1 heterocycles. The first-order valence-corrected chi connectivity index (χ1v) is 5.43. The van der Waals surface area contributed by atoms with Crippen molar-refractivity contribution >= 4 is 34.8 Å². The zero-order valence-electron chi connectivity index (χ0n) is 8.24. The highest BCUT2D eigenvalue weighted by atomic mass is 35.5. The topological polar surface area (TPSA) is 55.4 Å². The van der Waals surface area contributed by atoms with Crippen LogP contribution in [-0.2, 0) is 9.53 Å². The zero-order valence-corrected chi connectivity index (χ0v) is 9.82. The lowest BCUT2D eigenvalue weighted by Crippen LogP contribution is -2.38. The molecule has 0 spiro atoms. The van der Waals surface area contributed by atoms with E-state index in [1.165, 1.54) is 18.4 Å². The highest BCUT2D eigenvalue weighted by Gasteiger charge is 2.19. The van der Waals surface area contributed by atoms with E-state index in [4.69, 9.17) is 11.6 Å². The number of nitrogens with one attached hydrogen (secondary N) is 1. The van der Waals surface area contributed by atoms with Crippen molar-refractivity contribution in [3.63, 3.8) is 0 Å². The van der Waals surface area contributed by atoms with E-state index in [1.807, 2.05) is 0 Å². The quantitative estimate of drug-likeness (QED) is 0.827. The molecule has 0 saturated heterocycles. The molecule has 1 rings (SSSR count). The molecule has 1 amide bonds. The number of halogens is 1. The molecule has 82 valence electrons. The summed E-state index contributed by atoms with van der Waals surface area (Å²) in [5, 5.41) is 4.58. The fraction of sp³-hybridized carbons (Fsp3) is 0.333. The lowest BCUT2D eigenvalue weighted by molar-refractivity contribution is -0.142. The largest absolute Gasteiger partial charge is 0.467 e. The van der Waals surface area contributed by atoms with Crippen LogP contribution >= 0.6 is 22.9 Å². The van der Waals surface area contributed by atoms with Gasteiger partial charge in [-0.2, -0.15) is 0 Å². The number of methoxy groups -OCH3 is 1. The number of hydrogen-bond acceptors (Lipinski definition) is 4. The molecule has 4 nitrogen and oxygen atoms in total. The van der Waals surface area contributed by atoms with Gasteiger partial charge >= 0.3 is 5.97 Å². The molecule has 6 heteroatoms. The van der Waals surface area contributed by atoms with Crippen molar-refractivity contribution in [2.75, 3.05) is 7.11 Å². The van der Waals surface area contributed by atoms with Gasteiger partial charge in [0.25, 0.3) is 5.91 Å². The summed E-state index contributed by atoms with van der Waals surface area (Å²) in [7, 11) is 1.27. The van der Waals surface area contributed by atoms with Crippen LogP contribution in [0.25, 0.3) is 0 Å². The first kappa shape index (κ1) is 12.0. The highest BCUT2D eigenvalue weighted by molar-refractivity contribution is 7.12. The predicted octanol–water partition coefficient (Wildman–Crippen LogP) is 1.69. The maximum Gasteiger partial charge on any atom is 0.328 e. The zero-order chi connectivity index (χ0) is 11.4. The molecule has 0 saturated carbocycles. The molecular weight excluding hydrogens is 238 g/mol. The van der Waals surface area contributed by atoms with Crippen LogP contribution in [0.3, 0.4) is 0 Å². The summed E-state index contributed by atoms with van der Waals surface area (Å²) in [4.78, 5) is 23.0. The standard InChI is InChI=1S/C9H10ClNO3S/c1-5(9(13)14-2)11-8(12)7-6(10)3-4-15-7/h3-5H,1-2H3,(H,11,12). The van der Waals surface area contributed by atoms with Crippen molar-refractivity contribution in [1.29, 1.82) is 0 Å². The molecule has 0 aromatic carbocycles. The maximum absolute atomic E-state index is 11.6. The molecule has 0 aliphatic rings. The predicted molar refractivity (Wildman–Crippen MR) is 58.3 cm³/mol. The van der Waals surface area contributed by atoms with Gasteiger partial charge in [-0.1, -0.05) is 11.6 Å². The van der Waals surface area contributed by atoms with E-state index in [0.29, 0.717) is 9.90 Å². The Bertz CT molecular complexity index is 377. The minimum absolute atomic E-state index is 0.368. The van der Waals surface area contributed by atoms with Crippen LogP contribution in [0.1, 0.15) is 16.6 Å². The Morgan fingerprint density at radius 2 is 2.27 bits per heavy atom. The number of thiophene rings is 1. The van der Waals surface area contributed by atoms with Crippen molar-refractivity contribution in [1.82, 2.24) is 5.32 Å². The van der Waals surface area contributed by atoms with Gasteiger partial charge in [-0.3, -0.25) is 4.79 Å². The SMILES string of the molecule is COC(=O)C(C)NC(=O)c1sccc1Cl. The Morgan fingerprint density at radius 1 is 1.60 bits per heavy atom. The summed E-state index contributed by atoms with van der Waals surface area (Å²) in [5.74, 6) is -0.857. The molecule has 0 radical (unpaired) electrons. The average molecular weight is 248 g/mol. The second-order valence-corrected chi connectivity index (χ2v) is 4.14. The van der Waals surface area contributed by atoms with Gasteiger partial charge in [0.15, 0.2) is 0 Å². The molecule has 1 N–H and O–H groups in total. The lowest BCUT2D eigenvalue weighted by atomic mass is 10.3. The molecule has 0 fully saturated rings. The normalized spacial score (nSPS) is 11.9. The first-order chi connectivity index (χ1) is 7.06. The second kappa shape index (κ2) is 5.14. The minimum atomic E-state index is -0.680. The van der Waals surface area contributed by atoms with Gasteiger partial charge in [-0.15, -0.1) is 11.3 Å². The lowest BCUT2D eigenvalue weighted by Gasteiger charge is -2.10. The highest BCUT2D eigenvalue weighted by Crippen LogP contribution is 2.21. The van der Waals surface area contributed by atoms with E-state index in [0.717, 1.165) is 0 Å². The Labute approximate surface area is 96.2 Å². The Kier molecular flexibility index (Phi) is 4.11. The van der Waals surface area contributed by atoms with Crippen molar-refractivity contribution in [3.05, 3.63) is 21.3 Å². The van der Waals surface area contributed by atoms with Gasteiger partial charge in [0.2, 0.25) is 0 Å². The summed E-state index contributed by atoms with van der Waals surface area (Å²) >= 11 is 6.99. The fourth-order valence-corrected chi connectivity index (χ4v) is 2.00. The van der Waals surface area contributed by atoms with E-state index < -0.39 is 12.0 Å². The third-order valence-electron chi connectivity index (χ3n) is 1.73. The first-order valence-electron chi connectivity index (χ1n) is 4.18. The molecule has 15 heavy (non-hydrogen) atoms. The van der Waals surface area contributed by atoms with Gasteiger partial charge in [-0.05, 0) is 18.4 Å². The third-order valence-corrected chi connectivity index (χ3v) is 3.07. The molecule has 1 atom stereocenters. The van der Waals surface area contributed by atoms with Gasteiger partial charge in [-0.25, -0.2) is 4.79 Å². The summed E-state index contributed by atoms with van der Waals surface area (Å²) < 4.78 is 4.48. The maximum atomic E-state index is 11.6.